The number of anilines is 1. The van der Waals surface area contributed by atoms with E-state index in [1.54, 1.807) is 23.9 Å². The van der Waals surface area contributed by atoms with Gasteiger partial charge in [0.05, 0.1) is 10.2 Å². The van der Waals surface area contributed by atoms with E-state index in [0.29, 0.717) is 0 Å². The van der Waals surface area contributed by atoms with Crippen molar-refractivity contribution in [3.63, 3.8) is 0 Å². The molecule has 0 fully saturated rings. The second kappa shape index (κ2) is 3.89. The third-order valence-corrected chi connectivity index (χ3v) is 4.01. The number of halogens is 1. The first-order chi connectivity index (χ1) is 8.16. The fraction of sp³-hybridized carbons (Fsp3) is 0.182. The molecule has 0 aromatic carbocycles. The molecule has 0 amide bonds. The first-order valence-corrected chi connectivity index (χ1v) is 6.64. The summed E-state index contributed by atoms with van der Waals surface area (Å²) in [7, 11) is 3.96. The zero-order chi connectivity index (χ0) is 12.0. The van der Waals surface area contributed by atoms with Gasteiger partial charge in [0.25, 0.3) is 0 Å². The molecule has 3 rings (SSSR count). The Bertz CT molecular complexity index is 707. The third-order valence-electron chi connectivity index (χ3n) is 2.48. The van der Waals surface area contributed by atoms with Gasteiger partial charge in [-0.25, -0.2) is 15.0 Å². The van der Waals surface area contributed by atoms with Crippen LogP contribution in [-0.4, -0.2) is 29.0 Å². The molecule has 0 spiro atoms. The molecule has 0 atom stereocenters. The van der Waals surface area contributed by atoms with E-state index in [1.807, 2.05) is 25.1 Å². The lowest BCUT2D eigenvalue weighted by Gasteiger charge is -2.10. The van der Waals surface area contributed by atoms with E-state index in [9.17, 15) is 0 Å². The minimum absolute atomic E-state index is 0.939. The van der Waals surface area contributed by atoms with E-state index in [1.165, 1.54) is 0 Å². The summed E-state index contributed by atoms with van der Waals surface area (Å²) in [6.07, 6.45) is 3.41. The highest BCUT2D eigenvalue weighted by atomic mass is 79.9. The number of hydrogen-bond acceptors (Lipinski definition) is 5. The largest absolute Gasteiger partial charge is 0.361 e. The second-order valence-corrected chi connectivity index (χ2v) is 5.79. The van der Waals surface area contributed by atoms with Crippen molar-refractivity contribution in [2.45, 2.75) is 0 Å². The van der Waals surface area contributed by atoms with Crippen molar-refractivity contribution in [3.8, 4) is 0 Å². The Kier molecular flexibility index (Phi) is 2.48. The van der Waals surface area contributed by atoms with Crippen LogP contribution >= 0.6 is 27.3 Å². The lowest BCUT2D eigenvalue weighted by atomic mass is 10.3. The molecule has 86 valence electrons. The summed E-state index contributed by atoms with van der Waals surface area (Å²) in [5, 5.41) is 1.07. The molecule has 0 N–H and O–H groups in total. The second-order valence-electron chi connectivity index (χ2n) is 3.88. The van der Waals surface area contributed by atoms with Gasteiger partial charge < -0.3 is 4.90 Å². The van der Waals surface area contributed by atoms with Crippen LogP contribution in [0.2, 0.25) is 0 Å². The van der Waals surface area contributed by atoms with Crippen LogP contribution in [0, 0.1) is 0 Å². The Labute approximate surface area is 110 Å². The van der Waals surface area contributed by atoms with Gasteiger partial charge in [0.15, 0.2) is 0 Å². The van der Waals surface area contributed by atoms with Gasteiger partial charge in [-0.2, -0.15) is 0 Å². The number of thiophene rings is 1. The number of fused-ring (bicyclic) bond motifs is 3. The summed E-state index contributed by atoms with van der Waals surface area (Å²) >= 11 is 5.07. The van der Waals surface area contributed by atoms with Crippen LogP contribution in [0.3, 0.4) is 0 Å². The van der Waals surface area contributed by atoms with E-state index >= 15 is 0 Å². The van der Waals surface area contributed by atoms with Crippen molar-refractivity contribution in [2.75, 3.05) is 19.0 Å². The quantitative estimate of drug-likeness (QED) is 0.693. The molecule has 0 aliphatic heterocycles. The summed E-state index contributed by atoms with van der Waals surface area (Å²) < 4.78 is 2.05. The van der Waals surface area contributed by atoms with Gasteiger partial charge in [-0.05, 0) is 22.0 Å². The van der Waals surface area contributed by atoms with Crippen molar-refractivity contribution in [3.05, 3.63) is 23.1 Å². The first kappa shape index (κ1) is 10.9. The van der Waals surface area contributed by atoms with E-state index in [-0.39, 0.29) is 0 Å². The molecule has 0 unspecified atom stereocenters. The molecule has 0 saturated carbocycles. The zero-order valence-corrected chi connectivity index (χ0v) is 11.7. The lowest BCUT2D eigenvalue weighted by Crippen LogP contribution is -2.10. The maximum absolute atomic E-state index is 4.40. The lowest BCUT2D eigenvalue weighted by molar-refractivity contribution is 1.07. The molecule has 3 aromatic rings. The standard InChI is InChI=1S/C11H9BrN4S/c1-16(2)10-9-8(14-5-15-10)7-3-6(12)4-13-11(7)17-9/h3-5H,1-2H3. The highest BCUT2D eigenvalue weighted by molar-refractivity contribution is 9.10. The molecular weight excluding hydrogens is 300 g/mol. The molecule has 17 heavy (non-hydrogen) atoms. The van der Waals surface area contributed by atoms with E-state index in [4.69, 9.17) is 0 Å². The van der Waals surface area contributed by atoms with Gasteiger partial charge in [0, 0.05) is 30.2 Å². The molecule has 4 nitrogen and oxygen atoms in total. The maximum atomic E-state index is 4.40. The SMILES string of the molecule is CN(C)c1ncnc2c1sc1ncc(Br)cc12. The van der Waals surface area contributed by atoms with E-state index in [0.717, 1.165) is 30.7 Å². The highest BCUT2D eigenvalue weighted by Crippen LogP contribution is 2.36. The molecule has 6 heteroatoms. The molecular formula is C11H9BrN4S. The summed E-state index contributed by atoms with van der Waals surface area (Å²) in [4.78, 5) is 16.1. The van der Waals surface area contributed by atoms with Gasteiger partial charge >= 0.3 is 0 Å². The van der Waals surface area contributed by atoms with Gasteiger partial charge in [0.2, 0.25) is 0 Å². The molecule has 3 heterocycles. The average molecular weight is 309 g/mol. The number of pyridine rings is 1. The van der Waals surface area contributed by atoms with Crippen LogP contribution < -0.4 is 4.90 Å². The van der Waals surface area contributed by atoms with Crippen LogP contribution in [0.25, 0.3) is 20.4 Å². The van der Waals surface area contributed by atoms with Crippen molar-refractivity contribution in [1.82, 2.24) is 15.0 Å². The van der Waals surface area contributed by atoms with Crippen molar-refractivity contribution < 1.29 is 0 Å². The predicted molar refractivity (Wildman–Crippen MR) is 74.7 cm³/mol. The third kappa shape index (κ3) is 1.68. The van der Waals surface area contributed by atoms with Crippen LogP contribution in [0.1, 0.15) is 0 Å². The Morgan fingerprint density at radius 2 is 2.06 bits per heavy atom. The van der Waals surface area contributed by atoms with Crippen molar-refractivity contribution in [2.24, 2.45) is 0 Å². The Balaban J connectivity index is 2.47. The van der Waals surface area contributed by atoms with Gasteiger partial charge in [-0.15, -0.1) is 11.3 Å². The molecule has 0 saturated heterocycles. The fourth-order valence-electron chi connectivity index (χ4n) is 1.74. The maximum Gasteiger partial charge on any atom is 0.149 e. The predicted octanol–water partition coefficient (Wildman–Crippen LogP) is 3.07. The summed E-state index contributed by atoms with van der Waals surface area (Å²) in [5.74, 6) is 0.939. The normalized spacial score (nSPS) is 11.2. The first-order valence-electron chi connectivity index (χ1n) is 5.03. The number of aromatic nitrogens is 3. The van der Waals surface area contributed by atoms with Gasteiger partial charge in [0.1, 0.15) is 17.0 Å². The topological polar surface area (TPSA) is 41.9 Å². The smallest absolute Gasteiger partial charge is 0.149 e. The minimum Gasteiger partial charge on any atom is -0.361 e. The van der Waals surface area contributed by atoms with Crippen LogP contribution in [0.5, 0.6) is 0 Å². The minimum atomic E-state index is 0.939. The molecule has 0 aliphatic carbocycles. The summed E-state index contributed by atoms with van der Waals surface area (Å²) in [6.45, 7) is 0. The average Bonchev–Trinajstić information content (AvgIpc) is 2.66. The summed E-state index contributed by atoms with van der Waals surface area (Å²) in [6, 6.07) is 2.05. The Hall–Kier alpha value is -1.27. The highest BCUT2D eigenvalue weighted by Gasteiger charge is 2.13. The molecule has 0 aliphatic rings. The van der Waals surface area contributed by atoms with Crippen LogP contribution in [0.4, 0.5) is 5.82 Å². The molecule has 0 radical (unpaired) electrons. The van der Waals surface area contributed by atoms with Crippen LogP contribution in [-0.2, 0) is 0 Å². The van der Waals surface area contributed by atoms with E-state index < -0.39 is 0 Å². The molecule has 0 bridgehead atoms. The monoisotopic (exact) mass is 308 g/mol. The van der Waals surface area contributed by atoms with Gasteiger partial charge in [-0.1, -0.05) is 0 Å². The summed E-state index contributed by atoms with van der Waals surface area (Å²) in [5.41, 5.74) is 0.970. The Morgan fingerprint density at radius 3 is 2.82 bits per heavy atom. The van der Waals surface area contributed by atoms with Crippen LogP contribution in [0.15, 0.2) is 23.1 Å². The zero-order valence-electron chi connectivity index (χ0n) is 9.31. The Morgan fingerprint density at radius 1 is 1.24 bits per heavy atom. The van der Waals surface area contributed by atoms with Crippen molar-refractivity contribution in [1.29, 1.82) is 0 Å². The number of nitrogens with zero attached hydrogens (tertiary/aromatic N) is 4. The fourth-order valence-corrected chi connectivity index (χ4v) is 3.22. The number of rotatable bonds is 1. The van der Waals surface area contributed by atoms with Gasteiger partial charge in [-0.3, -0.25) is 0 Å². The van der Waals surface area contributed by atoms with E-state index in [2.05, 4.69) is 30.9 Å². The van der Waals surface area contributed by atoms with Crippen molar-refractivity contribution >= 4 is 53.5 Å². The molecule has 3 aromatic heterocycles. The number of hydrogen-bond donors (Lipinski definition) is 0.